The molecule has 1 aromatic rings. The van der Waals surface area contributed by atoms with Crippen molar-refractivity contribution in [2.24, 2.45) is 4.99 Å². The van der Waals surface area contributed by atoms with Crippen LogP contribution < -0.4 is 10.6 Å². The van der Waals surface area contributed by atoms with Crippen molar-refractivity contribution in [3.63, 3.8) is 0 Å². The van der Waals surface area contributed by atoms with E-state index in [9.17, 15) is 0 Å². The number of nitrogens with zero attached hydrogens (tertiary/aromatic N) is 1. The van der Waals surface area contributed by atoms with Crippen LogP contribution in [0.15, 0.2) is 17.1 Å². The van der Waals surface area contributed by atoms with Crippen LogP contribution in [0.4, 0.5) is 0 Å². The number of hydrogen-bond acceptors (Lipinski definition) is 2. The van der Waals surface area contributed by atoms with Gasteiger partial charge in [0.25, 0.3) is 0 Å². The van der Waals surface area contributed by atoms with Crippen LogP contribution in [0.2, 0.25) is 0 Å². The van der Waals surface area contributed by atoms with Gasteiger partial charge in [-0.3, -0.25) is 0 Å². The van der Waals surface area contributed by atoms with Gasteiger partial charge in [-0.05, 0) is 50.8 Å². The Balaban J connectivity index is 2.69. The minimum absolute atomic E-state index is 0.706. The highest BCUT2D eigenvalue weighted by atomic mass is 16.5. The molecule has 0 heterocycles. The monoisotopic (exact) mass is 291 g/mol. The molecule has 2 N–H and O–H groups in total. The Bertz CT molecular complexity index is 446. The molecular weight excluding hydrogens is 262 g/mol. The van der Waals surface area contributed by atoms with Crippen molar-refractivity contribution in [1.82, 2.24) is 10.6 Å². The summed E-state index contributed by atoms with van der Waals surface area (Å²) in [5.41, 5.74) is 5.25. The second kappa shape index (κ2) is 9.40. The van der Waals surface area contributed by atoms with Crippen LogP contribution in [0, 0.1) is 20.8 Å². The lowest BCUT2D eigenvalue weighted by Gasteiger charge is -2.13. The molecular formula is C17H29N3O. The molecule has 0 fully saturated rings. The van der Waals surface area contributed by atoms with Crippen molar-refractivity contribution >= 4 is 5.96 Å². The van der Waals surface area contributed by atoms with E-state index in [1.165, 1.54) is 22.3 Å². The summed E-state index contributed by atoms with van der Waals surface area (Å²) in [4.78, 5) is 4.69. The van der Waals surface area contributed by atoms with Gasteiger partial charge in [-0.2, -0.15) is 0 Å². The summed E-state index contributed by atoms with van der Waals surface area (Å²) in [7, 11) is 1.72. The van der Waals surface area contributed by atoms with Crippen molar-refractivity contribution in [2.75, 3.05) is 26.8 Å². The third-order valence-electron chi connectivity index (χ3n) is 3.40. The first-order valence-electron chi connectivity index (χ1n) is 7.66. The Morgan fingerprint density at radius 3 is 2.38 bits per heavy atom. The number of rotatable bonds is 7. The first-order valence-corrected chi connectivity index (χ1v) is 7.66. The maximum Gasteiger partial charge on any atom is 0.191 e. The number of aliphatic imine (C=N–C) groups is 1. The summed E-state index contributed by atoms with van der Waals surface area (Å²) in [6.45, 7) is 11.7. The molecule has 4 heteroatoms. The normalized spacial score (nSPS) is 11.6. The van der Waals surface area contributed by atoms with E-state index >= 15 is 0 Å². The van der Waals surface area contributed by atoms with Crippen LogP contribution in [0.25, 0.3) is 0 Å². The Labute approximate surface area is 129 Å². The largest absolute Gasteiger partial charge is 0.385 e. The number of benzene rings is 1. The topological polar surface area (TPSA) is 45.7 Å². The zero-order valence-corrected chi connectivity index (χ0v) is 14.0. The molecule has 0 aliphatic carbocycles. The maximum absolute atomic E-state index is 5.06. The van der Waals surface area contributed by atoms with Crippen molar-refractivity contribution in [2.45, 2.75) is 40.7 Å². The lowest BCUT2D eigenvalue weighted by Crippen LogP contribution is -2.38. The average molecular weight is 291 g/mol. The molecule has 0 amide bonds. The predicted molar refractivity (Wildman–Crippen MR) is 90.0 cm³/mol. The Morgan fingerprint density at radius 1 is 1.14 bits per heavy atom. The van der Waals surface area contributed by atoms with E-state index < -0.39 is 0 Å². The van der Waals surface area contributed by atoms with Crippen molar-refractivity contribution in [3.8, 4) is 0 Å². The third-order valence-corrected chi connectivity index (χ3v) is 3.40. The van der Waals surface area contributed by atoms with E-state index in [1.807, 2.05) is 0 Å². The molecule has 21 heavy (non-hydrogen) atoms. The molecule has 118 valence electrons. The predicted octanol–water partition coefficient (Wildman–Crippen LogP) is 2.70. The fourth-order valence-corrected chi connectivity index (χ4v) is 2.38. The van der Waals surface area contributed by atoms with Gasteiger partial charge in [0.1, 0.15) is 0 Å². The highest BCUT2D eigenvalue weighted by molar-refractivity contribution is 5.79. The van der Waals surface area contributed by atoms with Gasteiger partial charge < -0.3 is 15.4 Å². The molecule has 0 aliphatic heterocycles. The van der Waals surface area contributed by atoms with Gasteiger partial charge in [0, 0.05) is 26.8 Å². The standard InChI is InChI=1S/C17H29N3O/c1-6-18-17(19-8-7-9-21-5)20-12-16-14(3)10-13(2)11-15(16)4/h10-11H,6-9,12H2,1-5H3,(H2,18,19,20). The average Bonchev–Trinajstić information content (AvgIpc) is 2.42. The van der Waals surface area contributed by atoms with Crippen molar-refractivity contribution in [1.29, 1.82) is 0 Å². The van der Waals surface area contributed by atoms with Crippen LogP contribution in [0.5, 0.6) is 0 Å². The molecule has 0 saturated carbocycles. The molecule has 0 spiro atoms. The van der Waals surface area contributed by atoms with Crippen molar-refractivity contribution < 1.29 is 4.74 Å². The number of methoxy groups -OCH3 is 1. The van der Waals surface area contributed by atoms with Crippen LogP contribution in [0.1, 0.15) is 35.6 Å². The first-order chi connectivity index (χ1) is 10.1. The van der Waals surface area contributed by atoms with E-state index in [-0.39, 0.29) is 0 Å². The first kappa shape index (κ1) is 17.5. The second-order valence-electron chi connectivity index (χ2n) is 5.35. The molecule has 0 radical (unpaired) electrons. The molecule has 1 rings (SSSR count). The number of aryl methyl sites for hydroxylation is 3. The quantitative estimate of drug-likeness (QED) is 0.461. The van der Waals surface area contributed by atoms with E-state index in [2.05, 4.69) is 55.5 Å². The fourth-order valence-electron chi connectivity index (χ4n) is 2.38. The summed E-state index contributed by atoms with van der Waals surface area (Å²) in [5, 5.41) is 6.61. The van der Waals surface area contributed by atoms with Crippen LogP contribution in [-0.4, -0.2) is 32.8 Å². The van der Waals surface area contributed by atoms with Gasteiger partial charge in [-0.1, -0.05) is 17.7 Å². The highest BCUT2D eigenvalue weighted by Crippen LogP contribution is 2.17. The smallest absolute Gasteiger partial charge is 0.191 e. The molecule has 0 bridgehead atoms. The summed E-state index contributed by atoms with van der Waals surface area (Å²) in [6, 6.07) is 4.44. The lowest BCUT2D eigenvalue weighted by atomic mass is 10.00. The van der Waals surface area contributed by atoms with Crippen molar-refractivity contribution in [3.05, 3.63) is 34.4 Å². The summed E-state index contributed by atoms with van der Waals surface area (Å²) < 4.78 is 5.06. The Hall–Kier alpha value is -1.55. The van der Waals surface area contributed by atoms with E-state index in [1.54, 1.807) is 7.11 Å². The Morgan fingerprint density at radius 2 is 1.81 bits per heavy atom. The maximum atomic E-state index is 5.06. The zero-order chi connectivity index (χ0) is 15.7. The second-order valence-corrected chi connectivity index (χ2v) is 5.35. The van der Waals surface area contributed by atoms with Crippen LogP contribution >= 0.6 is 0 Å². The Kier molecular flexibility index (Phi) is 7.83. The van der Waals surface area contributed by atoms with Crippen LogP contribution in [-0.2, 0) is 11.3 Å². The minimum atomic E-state index is 0.706. The van der Waals surface area contributed by atoms with E-state index in [4.69, 9.17) is 4.74 Å². The van der Waals surface area contributed by atoms with Crippen LogP contribution in [0.3, 0.4) is 0 Å². The molecule has 0 unspecified atom stereocenters. The van der Waals surface area contributed by atoms with Gasteiger partial charge >= 0.3 is 0 Å². The summed E-state index contributed by atoms with van der Waals surface area (Å²) in [6.07, 6.45) is 0.976. The van der Waals surface area contributed by atoms with Gasteiger partial charge in [0.2, 0.25) is 0 Å². The van der Waals surface area contributed by atoms with Gasteiger partial charge in [-0.15, -0.1) is 0 Å². The molecule has 0 aliphatic rings. The minimum Gasteiger partial charge on any atom is -0.385 e. The number of ether oxygens (including phenoxy) is 1. The molecule has 0 saturated heterocycles. The number of guanidine groups is 1. The highest BCUT2D eigenvalue weighted by Gasteiger charge is 2.04. The third kappa shape index (κ3) is 6.17. The zero-order valence-electron chi connectivity index (χ0n) is 14.0. The SMILES string of the molecule is CCNC(=NCc1c(C)cc(C)cc1C)NCCCOC. The molecule has 4 nitrogen and oxygen atoms in total. The number of nitrogens with one attached hydrogen (secondary N) is 2. The fraction of sp³-hybridized carbons (Fsp3) is 0.588. The van der Waals surface area contributed by atoms with Gasteiger partial charge in [0.15, 0.2) is 5.96 Å². The summed E-state index contributed by atoms with van der Waals surface area (Å²) in [5.74, 6) is 0.868. The summed E-state index contributed by atoms with van der Waals surface area (Å²) >= 11 is 0. The lowest BCUT2D eigenvalue weighted by molar-refractivity contribution is 0.195. The molecule has 0 atom stereocenters. The molecule has 1 aromatic carbocycles. The van der Waals surface area contributed by atoms with E-state index in [0.29, 0.717) is 6.54 Å². The van der Waals surface area contributed by atoms with Gasteiger partial charge in [-0.25, -0.2) is 4.99 Å². The molecule has 0 aromatic heterocycles. The van der Waals surface area contributed by atoms with E-state index in [0.717, 1.165) is 32.1 Å². The van der Waals surface area contributed by atoms with Gasteiger partial charge in [0.05, 0.1) is 6.54 Å². The number of hydrogen-bond donors (Lipinski definition) is 2.